The van der Waals surface area contributed by atoms with Crippen molar-refractivity contribution in [3.05, 3.63) is 12.2 Å². The SMILES string of the molecule is CN=C(NCCCN(C(C)C)C(C)C)N1CCC(N2CC=CC2)C1. The van der Waals surface area contributed by atoms with E-state index in [-0.39, 0.29) is 0 Å². The van der Waals surface area contributed by atoms with Gasteiger partial charge in [0.25, 0.3) is 0 Å². The van der Waals surface area contributed by atoms with Gasteiger partial charge in [-0.3, -0.25) is 14.8 Å². The molecule has 2 aliphatic heterocycles. The summed E-state index contributed by atoms with van der Waals surface area (Å²) in [5, 5.41) is 3.57. The molecule has 1 saturated heterocycles. The van der Waals surface area contributed by atoms with Gasteiger partial charge in [0.15, 0.2) is 5.96 Å². The highest BCUT2D eigenvalue weighted by Crippen LogP contribution is 2.17. The lowest BCUT2D eigenvalue weighted by Crippen LogP contribution is -2.44. The van der Waals surface area contributed by atoms with E-state index >= 15 is 0 Å². The van der Waals surface area contributed by atoms with Crippen LogP contribution in [0.1, 0.15) is 40.5 Å². The number of aliphatic imine (C=N–C) groups is 1. The van der Waals surface area contributed by atoms with E-state index in [1.807, 2.05) is 7.05 Å². The summed E-state index contributed by atoms with van der Waals surface area (Å²) in [6, 6.07) is 1.89. The highest BCUT2D eigenvalue weighted by Gasteiger charge is 2.29. The predicted octanol–water partition coefficient (Wildman–Crippen LogP) is 2.02. The minimum absolute atomic E-state index is 0.609. The van der Waals surface area contributed by atoms with E-state index in [1.54, 1.807) is 0 Å². The van der Waals surface area contributed by atoms with Crippen molar-refractivity contribution in [2.45, 2.75) is 58.7 Å². The van der Waals surface area contributed by atoms with Gasteiger partial charge >= 0.3 is 0 Å². The number of likely N-dealkylation sites (tertiary alicyclic amines) is 1. The quantitative estimate of drug-likeness (QED) is 0.334. The molecule has 0 aromatic heterocycles. The van der Waals surface area contributed by atoms with Crippen LogP contribution in [0, 0.1) is 0 Å². The first-order valence-corrected chi connectivity index (χ1v) is 9.63. The maximum atomic E-state index is 4.50. The Labute approximate surface area is 148 Å². The molecule has 0 aromatic carbocycles. The maximum Gasteiger partial charge on any atom is 0.193 e. The zero-order valence-electron chi connectivity index (χ0n) is 16.3. The Morgan fingerprint density at radius 2 is 1.88 bits per heavy atom. The van der Waals surface area contributed by atoms with Crippen molar-refractivity contribution in [2.75, 3.05) is 46.3 Å². The van der Waals surface area contributed by atoms with Gasteiger partial charge in [0.05, 0.1) is 0 Å². The smallest absolute Gasteiger partial charge is 0.193 e. The molecule has 1 fully saturated rings. The monoisotopic (exact) mass is 335 g/mol. The number of rotatable bonds is 7. The average Bonchev–Trinajstić information content (AvgIpc) is 3.20. The molecule has 0 spiro atoms. The van der Waals surface area contributed by atoms with Crippen molar-refractivity contribution in [1.29, 1.82) is 0 Å². The second kappa shape index (κ2) is 9.42. The molecule has 0 bridgehead atoms. The molecule has 24 heavy (non-hydrogen) atoms. The summed E-state index contributed by atoms with van der Waals surface area (Å²) in [4.78, 5) is 12.0. The topological polar surface area (TPSA) is 34.1 Å². The van der Waals surface area contributed by atoms with E-state index in [4.69, 9.17) is 0 Å². The number of hydrogen-bond donors (Lipinski definition) is 1. The lowest BCUT2D eigenvalue weighted by Gasteiger charge is -2.30. The van der Waals surface area contributed by atoms with Crippen LogP contribution < -0.4 is 5.32 Å². The predicted molar refractivity (Wildman–Crippen MR) is 104 cm³/mol. The van der Waals surface area contributed by atoms with Crippen LogP contribution in [0.15, 0.2) is 17.1 Å². The Morgan fingerprint density at radius 1 is 1.21 bits per heavy atom. The van der Waals surface area contributed by atoms with E-state index in [1.165, 1.54) is 6.42 Å². The van der Waals surface area contributed by atoms with Crippen molar-refractivity contribution in [2.24, 2.45) is 4.99 Å². The fraction of sp³-hybridized carbons (Fsp3) is 0.842. The molecule has 1 N–H and O–H groups in total. The first-order valence-electron chi connectivity index (χ1n) is 9.63. The van der Waals surface area contributed by atoms with Crippen LogP contribution in [0.3, 0.4) is 0 Å². The third kappa shape index (κ3) is 5.21. The van der Waals surface area contributed by atoms with Crippen LogP contribution in [-0.2, 0) is 0 Å². The molecule has 0 radical (unpaired) electrons. The molecule has 1 unspecified atom stereocenters. The summed E-state index contributed by atoms with van der Waals surface area (Å²) in [6.45, 7) is 15.7. The van der Waals surface area contributed by atoms with Crippen molar-refractivity contribution >= 4 is 5.96 Å². The van der Waals surface area contributed by atoms with Crippen LogP contribution in [0.4, 0.5) is 0 Å². The molecule has 5 nitrogen and oxygen atoms in total. The summed E-state index contributed by atoms with van der Waals surface area (Å²) >= 11 is 0. The van der Waals surface area contributed by atoms with Gasteiger partial charge in [0.2, 0.25) is 0 Å². The fourth-order valence-electron chi connectivity index (χ4n) is 3.93. The van der Waals surface area contributed by atoms with E-state index in [2.05, 4.69) is 64.9 Å². The van der Waals surface area contributed by atoms with Crippen molar-refractivity contribution in [3.63, 3.8) is 0 Å². The van der Waals surface area contributed by atoms with Gasteiger partial charge in [0, 0.05) is 64.4 Å². The van der Waals surface area contributed by atoms with Crippen LogP contribution in [0.5, 0.6) is 0 Å². The molecule has 5 heteroatoms. The summed E-state index contributed by atoms with van der Waals surface area (Å²) in [7, 11) is 1.90. The van der Waals surface area contributed by atoms with Crippen LogP contribution >= 0.6 is 0 Å². The number of guanidine groups is 1. The molecule has 2 aliphatic rings. The van der Waals surface area contributed by atoms with Gasteiger partial charge in [0.1, 0.15) is 0 Å². The fourth-order valence-corrected chi connectivity index (χ4v) is 3.93. The minimum Gasteiger partial charge on any atom is -0.356 e. The molecule has 138 valence electrons. The van der Waals surface area contributed by atoms with Gasteiger partial charge in [-0.05, 0) is 40.5 Å². The number of nitrogens with one attached hydrogen (secondary N) is 1. The number of nitrogens with zero attached hydrogens (tertiary/aromatic N) is 4. The summed E-state index contributed by atoms with van der Waals surface area (Å²) in [5.41, 5.74) is 0. The van der Waals surface area contributed by atoms with Gasteiger partial charge in [-0.15, -0.1) is 0 Å². The molecule has 0 saturated carbocycles. The Hall–Kier alpha value is -1.07. The largest absolute Gasteiger partial charge is 0.356 e. The van der Waals surface area contributed by atoms with Gasteiger partial charge in [-0.1, -0.05) is 12.2 Å². The van der Waals surface area contributed by atoms with Gasteiger partial charge in [-0.25, -0.2) is 0 Å². The molecule has 2 heterocycles. The second-order valence-electron chi connectivity index (χ2n) is 7.57. The zero-order chi connectivity index (χ0) is 17.5. The molecule has 0 aliphatic carbocycles. The van der Waals surface area contributed by atoms with E-state index in [0.29, 0.717) is 18.1 Å². The minimum atomic E-state index is 0.609. The average molecular weight is 336 g/mol. The first kappa shape index (κ1) is 19.3. The lowest BCUT2D eigenvalue weighted by molar-refractivity contribution is 0.173. The van der Waals surface area contributed by atoms with Gasteiger partial charge < -0.3 is 10.2 Å². The molecular weight excluding hydrogens is 298 g/mol. The van der Waals surface area contributed by atoms with Crippen LogP contribution in [0.2, 0.25) is 0 Å². The molecule has 2 rings (SSSR count). The van der Waals surface area contributed by atoms with Crippen LogP contribution in [0.25, 0.3) is 0 Å². The Morgan fingerprint density at radius 3 is 2.46 bits per heavy atom. The highest BCUT2D eigenvalue weighted by molar-refractivity contribution is 5.80. The third-order valence-corrected chi connectivity index (χ3v) is 5.24. The summed E-state index contributed by atoms with van der Waals surface area (Å²) in [6.07, 6.45) is 6.97. The first-order chi connectivity index (χ1) is 11.5. The zero-order valence-corrected chi connectivity index (χ0v) is 16.3. The Kier molecular flexibility index (Phi) is 7.56. The van der Waals surface area contributed by atoms with E-state index < -0.39 is 0 Å². The van der Waals surface area contributed by atoms with Gasteiger partial charge in [-0.2, -0.15) is 0 Å². The standard InChI is InChI=1S/C19H37N5/c1-16(2)24(17(3)4)13-8-10-21-19(20-5)23-14-9-18(15-23)22-11-6-7-12-22/h6-7,16-18H,8-15H2,1-5H3,(H,20,21). The normalized spacial score (nSPS) is 22.6. The van der Waals surface area contributed by atoms with Crippen molar-refractivity contribution < 1.29 is 0 Å². The Bertz CT molecular complexity index is 413. The molecule has 0 amide bonds. The van der Waals surface area contributed by atoms with Crippen LogP contribution in [-0.4, -0.2) is 85.1 Å². The van der Waals surface area contributed by atoms with E-state index in [9.17, 15) is 0 Å². The lowest BCUT2D eigenvalue weighted by atomic mass is 10.2. The number of hydrogen-bond acceptors (Lipinski definition) is 3. The van der Waals surface area contributed by atoms with Crippen molar-refractivity contribution in [1.82, 2.24) is 20.0 Å². The highest BCUT2D eigenvalue weighted by atomic mass is 15.3. The molecular formula is C19H37N5. The second-order valence-corrected chi connectivity index (χ2v) is 7.57. The van der Waals surface area contributed by atoms with Crippen molar-refractivity contribution in [3.8, 4) is 0 Å². The maximum absolute atomic E-state index is 4.50. The molecule has 0 aromatic rings. The summed E-state index contributed by atoms with van der Waals surface area (Å²) < 4.78 is 0. The third-order valence-electron chi connectivity index (χ3n) is 5.24. The Balaban J connectivity index is 1.71. The summed E-state index contributed by atoms with van der Waals surface area (Å²) in [5.74, 6) is 1.07. The van der Waals surface area contributed by atoms with E-state index in [0.717, 1.165) is 51.6 Å². The molecule has 1 atom stereocenters.